The van der Waals surface area contributed by atoms with Crippen molar-refractivity contribution in [3.63, 3.8) is 0 Å². The summed E-state index contributed by atoms with van der Waals surface area (Å²) < 4.78 is 15.3. The van der Waals surface area contributed by atoms with E-state index in [0.29, 0.717) is 18.5 Å². The molecule has 2 aromatic heterocycles. The minimum absolute atomic E-state index is 0.146. The fourth-order valence-corrected chi connectivity index (χ4v) is 3.02. The molecular formula is C18H16FN3O. The van der Waals surface area contributed by atoms with Crippen LogP contribution in [-0.2, 0) is 0 Å². The minimum atomic E-state index is -0.908. The maximum absolute atomic E-state index is 13.3. The summed E-state index contributed by atoms with van der Waals surface area (Å²) in [5.74, 6) is -0.146. The van der Waals surface area contributed by atoms with Gasteiger partial charge in [0.1, 0.15) is 11.8 Å². The SMILES string of the molecule is O=C(c1cnc2c(ccn2-c2ccccc2)c1)N1CC[C@@H](F)C1. The van der Waals surface area contributed by atoms with Crippen LogP contribution in [0, 0.1) is 0 Å². The van der Waals surface area contributed by atoms with E-state index in [-0.39, 0.29) is 12.5 Å². The molecule has 1 amide bonds. The van der Waals surface area contributed by atoms with Crippen LogP contribution in [0.4, 0.5) is 4.39 Å². The van der Waals surface area contributed by atoms with Gasteiger partial charge in [-0.15, -0.1) is 0 Å². The molecule has 3 heterocycles. The van der Waals surface area contributed by atoms with E-state index in [1.54, 1.807) is 11.1 Å². The molecule has 0 saturated carbocycles. The molecule has 3 aromatic rings. The molecule has 0 aliphatic carbocycles. The third kappa shape index (κ3) is 2.48. The van der Waals surface area contributed by atoms with Crippen LogP contribution in [0.25, 0.3) is 16.7 Å². The molecule has 4 nitrogen and oxygen atoms in total. The highest BCUT2D eigenvalue weighted by Gasteiger charge is 2.27. The molecule has 1 atom stereocenters. The summed E-state index contributed by atoms with van der Waals surface area (Å²) in [4.78, 5) is 18.4. The quantitative estimate of drug-likeness (QED) is 0.729. The van der Waals surface area contributed by atoms with Gasteiger partial charge in [0.25, 0.3) is 5.91 Å². The Morgan fingerprint density at radius 3 is 2.78 bits per heavy atom. The summed E-state index contributed by atoms with van der Waals surface area (Å²) in [5, 5.41) is 0.899. The minimum Gasteiger partial charge on any atom is -0.336 e. The predicted molar refractivity (Wildman–Crippen MR) is 86.5 cm³/mol. The highest BCUT2D eigenvalue weighted by Crippen LogP contribution is 2.21. The first-order valence-electron chi connectivity index (χ1n) is 7.68. The van der Waals surface area contributed by atoms with E-state index in [0.717, 1.165) is 16.7 Å². The van der Waals surface area contributed by atoms with E-state index in [4.69, 9.17) is 0 Å². The first-order valence-corrected chi connectivity index (χ1v) is 7.68. The summed E-state index contributed by atoms with van der Waals surface area (Å²) in [5.41, 5.74) is 2.34. The van der Waals surface area contributed by atoms with E-state index in [2.05, 4.69) is 4.98 Å². The van der Waals surface area contributed by atoms with Crippen LogP contribution in [0.3, 0.4) is 0 Å². The first kappa shape index (κ1) is 13.9. The molecule has 0 N–H and O–H groups in total. The standard InChI is InChI=1S/C18H16FN3O/c19-15-7-8-21(12-15)18(23)14-10-13-6-9-22(17(13)20-11-14)16-4-2-1-3-5-16/h1-6,9-11,15H,7-8,12H2/t15-/m1/s1. The van der Waals surface area contributed by atoms with Gasteiger partial charge < -0.3 is 9.47 Å². The zero-order valence-corrected chi connectivity index (χ0v) is 12.5. The monoisotopic (exact) mass is 309 g/mol. The van der Waals surface area contributed by atoms with E-state index in [1.807, 2.05) is 53.2 Å². The summed E-state index contributed by atoms with van der Waals surface area (Å²) in [6, 6.07) is 13.7. The van der Waals surface area contributed by atoms with Crippen LogP contribution >= 0.6 is 0 Å². The van der Waals surface area contributed by atoms with Gasteiger partial charge in [-0.2, -0.15) is 0 Å². The smallest absolute Gasteiger partial charge is 0.255 e. The number of nitrogens with zero attached hydrogens (tertiary/aromatic N) is 3. The normalized spacial score (nSPS) is 17.8. The second-order valence-corrected chi connectivity index (χ2v) is 5.80. The zero-order valence-electron chi connectivity index (χ0n) is 12.5. The largest absolute Gasteiger partial charge is 0.336 e. The second-order valence-electron chi connectivity index (χ2n) is 5.80. The number of para-hydroxylation sites is 1. The van der Waals surface area contributed by atoms with Crippen LogP contribution in [0.2, 0.25) is 0 Å². The molecule has 0 unspecified atom stereocenters. The number of amides is 1. The van der Waals surface area contributed by atoms with Crippen molar-refractivity contribution < 1.29 is 9.18 Å². The lowest BCUT2D eigenvalue weighted by Crippen LogP contribution is -2.29. The van der Waals surface area contributed by atoms with Crippen LogP contribution in [-0.4, -0.2) is 39.6 Å². The maximum Gasteiger partial charge on any atom is 0.255 e. The van der Waals surface area contributed by atoms with E-state index in [1.165, 1.54) is 0 Å². The number of hydrogen-bond acceptors (Lipinski definition) is 2. The third-order valence-corrected chi connectivity index (χ3v) is 4.23. The van der Waals surface area contributed by atoms with E-state index in [9.17, 15) is 9.18 Å². The number of pyridine rings is 1. The van der Waals surface area contributed by atoms with Gasteiger partial charge >= 0.3 is 0 Å². The molecule has 5 heteroatoms. The molecule has 1 aliphatic heterocycles. The van der Waals surface area contributed by atoms with Gasteiger partial charge in [0.05, 0.1) is 12.1 Å². The number of alkyl halides is 1. The van der Waals surface area contributed by atoms with Gasteiger partial charge in [0.2, 0.25) is 0 Å². The fourth-order valence-electron chi connectivity index (χ4n) is 3.02. The van der Waals surface area contributed by atoms with Crippen molar-refractivity contribution in [1.29, 1.82) is 0 Å². The molecule has 1 fully saturated rings. The van der Waals surface area contributed by atoms with Crippen molar-refractivity contribution in [2.75, 3.05) is 13.1 Å². The highest BCUT2D eigenvalue weighted by molar-refractivity contribution is 5.97. The molecule has 0 spiro atoms. The highest BCUT2D eigenvalue weighted by atomic mass is 19.1. The molecule has 1 saturated heterocycles. The number of hydrogen-bond donors (Lipinski definition) is 0. The molecule has 1 aliphatic rings. The van der Waals surface area contributed by atoms with E-state index >= 15 is 0 Å². The van der Waals surface area contributed by atoms with Gasteiger partial charge in [-0.3, -0.25) is 4.79 Å². The second kappa shape index (κ2) is 5.50. The Kier molecular flexibility index (Phi) is 3.33. The van der Waals surface area contributed by atoms with Gasteiger partial charge in [-0.25, -0.2) is 9.37 Å². The van der Waals surface area contributed by atoms with Crippen molar-refractivity contribution in [2.24, 2.45) is 0 Å². The van der Waals surface area contributed by atoms with Crippen LogP contribution in [0.5, 0.6) is 0 Å². The Morgan fingerprint density at radius 1 is 1.22 bits per heavy atom. The average Bonchev–Trinajstić information content (AvgIpc) is 3.20. The molecule has 23 heavy (non-hydrogen) atoms. The Balaban J connectivity index is 1.69. The van der Waals surface area contributed by atoms with Crippen molar-refractivity contribution in [2.45, 2.75) is 12.6 Å². The van der Waals surface area contributed by atoms with Crippen molar-refractivity contribution >= 4 is 16.9 Å². The van der Waals surface area contributed by atoms with Gasteiger partial charge in [-0.05, 0) is 30.7 Å². The number of fused-ring (bicyclic) bond motifs is 1. The summed E-state index contributed by atoms with van der Waals surface area (Å²) in [6.45, 7) is 0.658. The summed E-state index contributed by atoms with van der Waals surface area (Å²) >= 11 is 0. The lowest BCUT2D eigenvalue weighted by molar-refractivity contribution is 0.0782. The molecule has 4 rings (SSSR count). The first-order chi connectivity index (χ1) is 11.2. The summed E-state index contributed by atoms with van der Waals surface area (Å²) in [7, 11) is 0. The van der Waals surface area contributed by atoms with Crippen LogP contribution in [0.15, 0.2) is 54.9 Å². The fraction of sp³-hybridized carbons (Fsp3) is 0.222. The van der Waals surface area contributed by atoms with Crippen molar-refractivity contribution in [3.05, 3.63) is 60.4 Å². The maximum atomic E-state index is 13.3. The zero-order chi connectivity index (χ0) is 15.8. The predicted octanol–water partition coefficient (Wildman–Crippen LogP) is 3.21. The number of halogens is 1. The van der Waals surface area contributed by atoms with E-state index < -0.39 is 6.17 Å². The average molecular weight is 309 g/mol. The Labute approximate surface area is 133 Å². The van der Waals surface area contributed by atoms with Crippen molar-refractivity contribution in [1.82, 2.24) is 14.5 Å². The number of aromatic nitrogens is 2. The van der Waals surface area contributed by atoms with Gasteiger partial charge in [0, 0.05) is 30.0 Å². The lowest BCUT2D eigenvalue weighted by Gasteiger charge is -2.15. The third-order valence-electron chi connectivity index (χ3n) is 4.23. The molecule has 116 valence electrons. The Hall–Kier alpha value is -2.69. The van der Waals surface area contributed by atoms with Crippen LogP contribution in [0.1, 0.15) is 16.8 Å². The number of likely N-dealkylation sites (tertiary alicyclic amines) is 1. The number of carbonyl (C=O) groups excluding carboxylic acids is 1. The van der Waals surface area contributed by atoms with Crippen LogP contribution < -0.4 is 0 Å². The number of benzene rings is 1. The molecule has 1 aromatic carbocycles. The molecule has 0 bridgehead atoms. The van der Waals surface area contributed by atoms with Gasteiger partial charge in [0.15, 0.2) is 0 Å². The van der Waals surface area contributed by atoms with Crippen molar-refractivity contribution in [3.8, 4) is 5.69 Å². The molecule has 0 radical (unpaired) electrons. The Morgan fingerprint density at radius 2 is 2.04 bits per heavy atom. The number of carbonyl (C=O) groups is 1. The Bertz CT molecular complexity index is 859. The topological polar surface area (TPSA) is 38.1 Å². The lowest BCUT2D eigenvalue weighted by atomic mass is 10.2. The number of rotatable bonds is 2. The molecular weight excluding hydrogens is 293 g/mol. The summed E-state index contributed by atoms with van der Waals surface area (Å²) in [6.07, 6.45) is 3.03. The van der Waals surface area contributed by atoms with Gasteiger partial charge in [-0.1, -0.05) is 18.2 Å².